The molecule has 2 aromatic rings. The fraction of sp³-hybridized carbons (Fsp3) is 0.235. The molecular weight excluding hydrogens is 262 g/mol. The van der Waals surface area contributed by atoms with Crippen LogP contribution in [0.5, 0.6) is 0 Å². The number of urea groups is 1. The lowest BCUT2D eigenvalue weighted by molar-refractivity contribution is 0.259. The minimum atomic E-state index is -0.552. The van der Waals surface area contributed by atoms with Gasteiger partial charge in [-0.1, -0.05) is 43.3 Å². The van der Waals surface area contributed by atoms with Crippen LogP contribution >= 0.6 is 0 Å². The highest BCUT2D eigenvalue weighted by Gasteiger charge is 2.08. The van der Waals surface area contributed by atoms with Gasteiger partial charge >= 0.3 is 6.03 Å². The first kappa shape index (κ1) is 14.9. The maximum Gasteiger partial charge on any atom is 0.316 e. The van der Waals surface area contributed by atoms with Gasteiger partial charge in [0.05, 0.1) is 0 Å². The van der Waals surface area contributed by atoms with Crippen LogP contribution in [0.25, 0.3) is 0 Å². The average Bonchev–Trinajstić information content (AvgIpc) is 2.47. The van der Waals surface area contributed by atoms with Crippen LogP contribution in [0, 0.1) is 0 Å². The van der Waals surface area contributed by atoms with E-state index in [-0.39, 0.29) is 0 Å². The standard InChI is InChI=1S/C17H21N3O/c1-2-14(11-13-7-4-3-5-8-13)19-15-9-6-10-16(12-15)20-17(18)21/h3-10,12,14,19H,2,11H2,1H3,(H3,18,20,21). The number of nitrogens with one attached hydrogen (secondary N) is 2. The zero-order valence-electron chi connectivity index (χ0n) is 12.2. The van der Waals surface area contributed by atoms with Crippen molar-refractivity contribution < 1.29 is 4.79 Å². The molecule has 2 aromatic carbocycles. The average molecular weight is 283 g/mol. The van der Waals surface area contributed by atoms with Crippen LogP contribution in [0.15, 0.2) is 54.6 Å². The second-order valence-corrected chi connectivity index (χ2v) is 5.01. The van der Waals surface area contributed by atoms with Crippen LogP contribution in [0.2, 0.25) is 0 Å². The van der Waals surface area contributed by atoms with Crippen LogP contribution in [0.4, 0.5) is 16.2 Å². The van der Waals surface area contributed by atoms with Gasteiger partial charge < -0.3 is 16.4 Å². The van der Waals surface area contributed by atoms with Crippen molar-refractivity contribution in [3.8, 4) is 0 Å². The van der Waals surface area contributed by atoms with Crippen molar-refractivity contribution >= 4 is 17.4 Å². The highest BCUT2D eigenvalue weighted by atomic mass is 16.2. The highest BCUT2D eigenvalue weighted by molar-refractivity contribution is 5.88. The Morgan fingerprint density at radius 2 is 1.81 bits per heavy atom. The molecule has 0 heterocycles. The van der Waals surface area contributed by atoms with E-state index in [1.807, 2.05) is 30.3 Å². The maximum atomic E-state index is 10.9. The zero-order valence-corrected chi connectivity index (χ0v) is 12.2. The number of hydrogen-bond donors (Lipinski definition) is 3. The summed E-state index contributed by atoms with van der Waals surface area (Å²) in [7, 11) is 0. The molecule has 1 atom stereocenters. The molecule has 2 rings (SSSR count). The lowest BCUT2D eigenvalue weighted by Crippen LogP contribution is -2.22. The summed E-state index contributed by atoms with van der Waals surface area (Å²) in [5, 5.41) is 6.08. The number of nitrogens with two attached hydrogens (primary N) is 1. The molecule has 0 fully saturated rings. The fourth-order valence-corrected chi connectivity index (χ4v) is 2.26. The van der Waals surface area contributed by atoms with Gasteiger partial charge in [0.1, 0.15) is 0 Å². The first-order valence-electron chi connectivity index (χ1n) is 7.14. The number of carbonyl (C=O) groups is 1. The molecule has 4 nitrogen and oxygen atoms in total. The summed E-state index contributed by atoms with van der Waals surface area (Å²) in [4.78, 5) is 10.9. The third-order valence-electron chi connectivity index (χ3n) is 3.32. The number of rotatable bonds is 6. The molecular formula is C17H21N3O. The quantitative estimate of drug-likeness (QED) is 0.758. The Hall–Kier alpha value is -2.49. The van der Waals surface area contributed by atoms with Gasteiger partial charge in [0.2, 0.25) is 0 Å². The Labute approximate surface area is 125 Å². The molecule has 0 aliphatic rings. The van der Waals surface area contributed by atoms with Gasteiger partial charge in [-0.3, -0.25) is 0 Å². The number of amides is 2. The number of benzene rings is 2. The molecule has 110 valence electrons. The van der Waals surface area contributed by atoms with Crippen LogP contribution in [-0.2, 0) is 6.42 Å². The van der Waals surface area contributed by atoms with Crippen molar-refractivity contribution in [2.45, 2.75) is 25.8 Å². The van der Waals surface area contributed by atoms with E-state index >= 15 is 0 Å². The smallest absolute Gasteiger partial charge is 0.316 e. The van der Waals surface area contributed by atoms with E-state index in [9.17, 15) is 4.79 Å². The van der Waals surface area contributed by atoms with Crippen LogP contribution in [0.3, 0.4) is 0 Å². The van der Waals surface area contributed by atoms with Crippen molar-refractivity contribution in [2.24, 2.45) is 5.73 Å². The van der Waals surface area contributed by atoms with Gasteiger partial charge in [-0.2, -0.15) is 0 Å². The number of primary amides is 1. The first-order valence-corrected chi connectivity index (χ1v) is 7.14. The fourth-order valence-electron chi connectivity index (χ4n) is 2.26. The van der Waals surface area contributed by atoms with Crippen molar-refractivity contribution in [1.29, 1.82) is 0 Å². The van der Waals surface area contributed by atoms with Crippen molar-refractivity contribution in [3.05, 3.63) is 60.2 Å². The minimum absolute atomic E-state index is 0.344. The van der Waals surface area contributed by atoms with Crippen molar-refractivity contribution in [1.82, 2.24) is 0 Å². The normalized spacial score (nSPS) is 11.7. The van der Waals surface area contributed by atoms with E-state index in [4.69, 9.17) is 5.73 Å². The molecule has 0 aromatic heterocycles. The van der Waals surface area contributed by atoms with Gasteiger partial charge in [0.25, 0.3) is 0 Å². The molecule has 0 bridgehead atoms. The molecule has 0 saturated carbocycles. The molecule has 4 heteroatoms. The van der Waals surface area contributed by atoms with E-state index in [1.165, 1.54) is 5.56 Å². The Morgan fingerprint density at radius 1 is 1.10 bits per heavy atom. The van der Waals surface area contributed by atoms with E-state index < -0.39 is 6.03 Å². The van der Waals surface area contributed by atoms with Crippen LogP contribution < -0.4 is 16.4 Å². The predicted molar refractivity (Wildman–Crippen MR) is 87.5 cm³/mol. The lowest BCUT2D eigenvalue weighted by Gasteiger charge is -2.19. The van der Waals surface area contributed by atoms with Crippen LogP contribution in [0.1, 0.15) is 18.9 Å². The highest BCUT2D eigenvalue weighted by Crippen LogP contribution is 2.18. The molecule has 0 saturated heterocycles. The Bertz CT molecular complexity index is 584. The van der Waals surface area contributed by atoms with E-state index in [1.54, 1.807) is 0 Å². The Kier molecular flexibility index (Phi) is 5.21. The summed E-state index contributed by atoms with van der Waals surface area (Å²) in [5.74, 6) is 0. The van der Waals surface area contributed by atoms with Crippen molar-refractivity contribution in [2.75, 3.05) is 10.6 Å². The minimum Gasteiger partial charge on any atom is -0.382 e. The second kappa shape index (κ2) is 7.33. The summed E-state index contributed by atoms with van der Waals surface area (Å²) in [6.45, 7) is 2.16. The largest absolute Gasteiger partial charge is 0.382 e. The first-order chi connectivity index (χ1) is 10.2. The maximum absolute atomic E-state index is 10.9. The molecule has 1 unspecified atom stereocenters. The van der Waals surface area contributed by atoms with Gasteiger partial charge in [0.15, 0.2) is 0 Å². The summed E-state index contributed by atoms with van der Waals surface area (Å²) >= 11 is 0. The van der Waals surface area contributed by atoms with Crippen molar-refractivity contribution in [3.63, 3.8) is 0 Å². The van der Waals surface area contributed by atoms with E-state index in [0.717, 1.165) is 18.5 Å². The summed E-state index contributed by atoms with van der Waals surface area (Å²) in [6.07, 6.45) is 1.98. The predicted octanol–water partition coefficient (Wildman–Crippen LogP) is 3.61. The van der Waals surface area contributed by atoms with Gasteiger partial charge in [-0.05, 0) is 36.6 Å². The summed E-state index contributed by atoms with van der Waals surface area (Å²) in [5.41, 5.74) is 8.11. The number of anilines is 2. The third kappa shape index (κ3) is 4.84. The lowest BCUT2D eigenvalue weighted by atomic mass is 10.0. The van der Waals surface area contributed by atoms with Gasteiger partial charge in [-0.15, -0.1) is 0 Å². The molecule has 0 aliphatic heterocycles. The van der Waals surface area contributed by atoms with E-state index in [0.29, 0.717) is 11.7 Å². The topological polar surface area (TPSA) is 67.2 Å². The Balaban J connectivity index is 2.02. The molecule has 0 spiro atoms. The SMILES string of the molecule is CCC(Cc1ccccc1)Nc1cccc(NC(N)=O)c1. The third-order valence-corrected chi connectivity index (χ3v) is 3.32. The van der Waals surface area contributed by atoms with Gasteiger partial charge in [-0.25, -0.2) is 4.79 Å². The van der Waals surface area contributed by atoms with Gasteiger partial charge in [0, 0.05) is 17.4 Å². The molecule has 0 radical (unpaired) electrons. The molecule has 21 heavy (non-hydrogen) atoms. The monoisotopic (exact) mass is 283 g/mol. The zero-order chi connectivity index (χ0) is 15.1. The van der Waals surface area contributed by atoms with E-state index in [2.05, 4.69) is 41.8 Å². The summed E-state index contributed by atoms with van der Waals surface area (Å²) < 4.78 is 0. The number of hydrogen-bond acceptors (Lipinski definition) is 2. The molecule has 4 N–H and O–H groups in total. The second-order valence-electron chi connectivity index (χ2n) is 5.01. The molecule has 2 amide bonds. The Morgan fingerprint density at radius 3 is 2.48 bits per heavy atom. The van der Waals surface area contributed by atoms with Crippen LogP contribution in [-0.4, -0.2) is 12.1 Å². The molecule has 0 aliphatic carbocycles. The summed E-state index contributed by atoms with van der Waals surface area (Å²) in [6, 6.07) is 17.8. The number of carbonyl (C=O) groups excluding carboxylic acids is 1.